The second-order valence-corrected chi connectivity index (χ2v) is 13.4. The molecule has 37 heavy (non-hydrogen) atoms. The topological polar surface area (TPSA) is 113 Å². The van der Waals surface area contributed by atoms with E-state index in [2.05, 4.69) is 9.97 Å². The molecule has 0 radical (unpaired) electrons. The van der Waals surface area contributed by atoms with Crippen LogP contribution in [0.15, 0.2) is 64.9 Å². The summed E-state index contributed by atoms with van der Waals surface area (Å²) in [5.41, 5.74) is -0.416. The first-order valence-electron chi connectivity index (χ1n) is 11.3. The van der Waals surface area contributed by atoms with Gasteiger partial charge in [-0.25, -0.2) is 35.6 Å². The number of hydrogen-bond acceptors (Lipinski definition) is 8. The summed E-state index contributed by atoms with van der Waals surface area (Å²) in [5, 5.41) is -0.0694. The quantitative estimate of drug-likeness (QED) is 0.412. The number of nitrogens with zero attached hydrogens (tertiary/aromatic N) is 2. The van der Waals surface area contributed by atoms with Gasteiger partial charge in [-0.1, -0.05) is 11.6 Å². The molecule has 196 valence electrons. The summed E-state index contributed by atoms with van der Waals surface area (Å²) in [6.07, 6.45) is 1.29. The first-order chi connectivity index (χ1) is 17.6. The summed E-state index contributed by atoms with van der Waals surface area (Å²) < 4.78 is 93.8. The van der Waals surface area contributed by atoms with Crippen LogP contribution in [0.2, 0.25) is 5.02 Å². The van der Waals surface area contributed by atoms with Crippen LogP contribution in [0.1, 0.15) is 18.4 Å². The first kappa shape index (κ1) is 26.0. The molecule has 2 aromatic carbocycles. The van der Waals surface area contributed by atoms with Crippen molar-refractivity contribution in [3.8, 4) is 5.75 Å². The maximum Gasteiger partial charge on any atom is 0.246 e. The maximum atomic E-state index is 15.4. The number of fused-ring (bicyclic) bond motifs is 3. The van der Waals surface area contributed by atoms with Gasteiger partial charge < -0.3 is 9.47 Å². The Morgan fingerprint density at radius 2 is 1.68 bits per heavy atom. The molecule has 0 N–H and O–H groups in total. The van der Waals surface area contributed by atoms with Crippen LogP contribution in [0.4, 0.5) is 8.78 Å². The zero-order valence-corrected chi connectivity index (χ0v) is 21.6. The molecule has 0 saturated carbocycles. The summed E-state index contributed by atoms with van der Waals surface area (Å²) in [4.78, 5) is 7.43. The van der Waals surface area contributed by atoms with Crippen LogP contribution in [0.5, 0.6) is 5.75 Å². The van der Waals surface area contributed by atoms with Gasteiger partial charge >= 0.3 is 0 Å². The summed E-state index contributed by atoms with van der Waals surface area (Å²) >= 11 is 5.96. The van der Waals surface area contributed by atoms with E-state index < -0.39 is 65.1 Å². The van der Waals surface area contributed by atoms with Crippen LogP contribution in [0.25, 0.3) is 0 Å². The minimum Gasteiger partial charge on any atom is -0.490 e. The van der Waals surface area contributed by atoms with Crippen molar-refractivity contribution >= 4 is 31.3 Å². The molecule has 3 heterocycles. The minimum atomic E-state index is -4.39. The molecular formula is C24H21ClF2N2O6S2. The van der Waals surface area contributed by atoms with E-state index in [1.54, 1.807) is 0 Å². The Labute approximate surface area is 217 Å². The summed E-state index contributed by atoms with van der Waals surface area (Å²) in [6.45, 7) is -0.460. The van der Waals surface area contributed by atoms with Crippen molar-refractivity contribution in [3.63, 3.8) is 0 Å². The smallest absolute Gasteiger partial charge is 0.246 e. The highest BCUT2D eigenvalue weighted by atomic mass is 35.5. The van der Waals surface area contributed by atoms with Crippen molar-refractivity contribution in [2.45, 2.75) is 33.7 Å². The normalized spacial score (nSPS) is 23.5. The van der Waals surface area contributed by atoms with Gasteiger partial charge in [0, 0.05) is 29.9 Å². The Balaban J connectivity index is 1.62. The lowest BCUT2D eigenvalue weighted by Crippen LogP contribution is -2.57. The Morgan fingerprint density at radius 3 is 2.38 bits per heavy atom. The van der Waals surface area contributed by atoms with Gasteiger partial charge in [-0.3, -0.25) is 0 Å². The van der Waals surface area contributed by atoms with Gasteiger partial charge in [0.25, 0.3) is 0 Å². The molecule has 2 aliphatic heterocycles. The van der Waals surface area contributed by atoms with Gasteiger partial charge in [-0.2, -0.15) is 0 Å². The van der Waals surface area contributed by atoms with Crippen LogP contribution < -0.4 is 4.74 Å². The zero-order valence-electron chi connectivity index (χ0n) is 19.2. The van der Waals surface area contributed by atoms with E-state index in [-0.39, 0.29) is 36.1 Å². The first-order valence-corrected chi connectivity index (χ1v) is 14.8. The summed E-state index contributed by atoms with van der Waals surface area (Å²) in [5.74, 6) is -3.80. The number of sulfone groups is 2. The predicted molar refractivity (Wildman–Crippen MR) is 129 cm³/mol. The number of halogens is 3. The summed E-state index contributed by atoms with van der Waals surface area (Å²) in [7, 11) is -8.32. The fourth-order valence-corrected chi connectivity index (χ4v) is 8.78. The van der Waals surface area contributed by atoms with Gasteiger partial charge in [0.05, 0.1) is 28.9 Å². The Hall–Kier alpha value is -2.67. The number of benzene rings is 2. The van der Waals surface area contributed by atoms with Crippen molar-refractivity contribution in [1.29, 1.82) is 0 Å². The number of rotatable bonds is 6. The van der Waals surface area contributed by atoms with E-state index in [1.165, 1.54) is 42.7 Å². The maximum absolute atomic E-state index is 15.4. The third-order valence-electron chi connectivity index (χ3n) is 6.84. The molecule has 1 saturated heterocycles. The molecule has 3 aromatic rings. The molecule has 2 aliphatic rings. The van der Waals surface area contributed by atoms with E-state index >= 15 is 4.39 Å². The lowest BCUT2D eigenvalue weighted by molar-refractivity contribution is -0.0732. The second-order valence-electron chi connectivity index (χ2n) is 8.80. The fraction of sp³-hybridized carbons (Fsp3) is 0.333. The highest BCUT2D eigenvalue weighted by Gasteiger charge is 2.61. The Kier molecular flexibility index (Phi) is 6.71. The van der Waals surface area contributed by atoms with Crippen LogP contribution in [0, 0.1) is 17.6 Å². The molecule has 0 spiro atoms. The second kappa shape index (κ2) is 9.57. The average molecular weight is 571 g/mol. The molecule has 5 rings (SSSR count). The van der Waals surface area contributed by atoms with Crippen molar-refractivity contribution in [2.24, 2.45) is 5.92 Å². The molecule has 0 aliphatic carbocycles. The van der Waals surface area contributed by atoms with Gasteiger partial charge in [0.2, 0.25) is 15.0 Å². The third-order valence-corrected chi connectivity index (χ3v) is 11.2. The lowest BCUT2D eigenvalue weighted by Gasteiger charge is -2.50. The van der Waals surface area contributed by atoms with Crippen LogP contribution in [-0.2, 0) is 29.2 Å². The SMILES string of the molecule is O=S(=O)(CC[C@@H]1OCC[C@@]2(S(=O)(=O)c3ccc(Cl)cc3)c3c(F)ccc(F)c3OC[C@@H]12)c1ncccn1. The molecule has 3 atom stereocenters. The van der Waals surface area contributed by atoms with Crippen LogP contribution >= 0.6 is 11.6 Å². The average Bonchev–Trinajstić information content (AvgIpc) is 2.89. The van der Waals surface area contributed by atoms with Gasteiger partial charge in [-0.15, -0.1) is 0 Å². The molecular weight excluding hydrogens is 550 g/mol. The van der Waals surface area contributed by atoms with Crippen LogP contribution in [-0.4, -0.2) is 51.9 Å². The molecule has 1 aromatic heterocycles. The van der Waals surface area contributed by atoms with Gasteiger partial charge in [0.1, 0.15) is 10.6 Å². The number of ether oxygens (including phenoxy) is 2. The number of hydrogen-bond donors (Lipinski definition) is 0. The van der Waals surface area contributed by atoms with E-state index in [0.717, 1.165) is 12.1 Å². The van der Waals surface area contributed by atoms with Crippen molar-refractivity contribution in [2.75, 3.05) is 19.0 Å². The fourth-order valence-electron chi connectivity index (χ4n) is 5.14. The standard InChI is InChI=1S/C24H21ClF2N2O6S2/c25-15-2-4-16(5-3-15)37(32,33)24-9-12-34-20(8-13-36(30,31)23-28-10-1-11-29-23)17(24)14-35-22-19(27)7-6-18(26)21(22)24/h1-7,10-11,17,20H,8-9,12-14H2/t17-,20-,24-/m0/s1. The molecule has 8 nitrogen and oxygen atoms in total. The van der Waals surface area contributed by atoms with E-state index in [0.29, 0.717) is 5.02 Å². The highest BCUT2D eigenvalue weighted by molar-refractivity contribution is 7.92. The van der Waals surface area contributed by atoms with Crippen molar-refractivity contribution in [1.82, 2.24) is 9.97 Å². The molecule has 13 heteroatoms. The summed E-state index contributed by atoms with van der Waals surface area (Å²) in [6, 6.07) is 8.61. The van der Waals surface area contributed by atoms with Gasteiger partial charge in [-0.05, 0) is 55.3 Å². The van der Waals surface area contributed by atoms with Crippen molar-refractivity contribution in [3.05, 3.63) is 77.1 Å². The van der Waals surface area contributed by atoms with E-state index in [4.69, 9.17) is 21.1 Å². The zero-order chi connectivity index (χ0) is 26.4. The highest BCUT2D eigenvalue weighted by Crippen LogP contribution is 2.56. The van der Waals surface area contributed by atoms with Crippen LogP contribution in [0.3, 0.4) is 0 Å². The molecule has 0 bridgehead atoms. The monoisotopic (exact) mass is 570 g/mol. The van der Waals surface area contributed by atoms with Crippen molar-refractivity contribution < 1.29 is 35.1 Å². The van der Waals surface area contributed by atoms with Gasteiger partial charge in [0.15, 0.2) is 21.4 Å². The number of aromatic nitrogens is 2. The molecule has 1 fully saturated rings. The largest absolute Gasteiger partial charge is 0.490 e. The Bertz CT molecular complexity index is 1540. The predicted octanol–water partition coefficient (Wildman–Crippen LogP) is 3.74. The lowest BCUT2D eigenvalue weighted by atomic mass is 9.75. The van der Waals surface area contributed by atoms with E-state index in [9.17, 15) is 21.2 Å². The molecule has 0 unspecified atom stereocenters. The third kappa shape index (κ3) is 4.29. The molecule has 0 amide bonds. The minimum absolute atomic E-state index is 0.134. The Morgan fingerprint density at radius 1 is 1.00 bits per heavy atom. The van der Waals surface area contributed by atoms with E-state index in [1.807, 2.05) is 0 Å².